The molecule has 0 bridgehead atoms. The number of ether oxygens (including phenoxy) is 1. The summed E-state index contributed by atoms with van der Waals surface area (Å²) in [7, 11) is -2.61. The molecule has 0 saturated carbocycles. The third-order valence-corrected chi connectivity index (χ3v) is 6.00. The molecule has 0 aliphatic carbocycles. The lowest BCUT2D eigenvalue weighted by atomic mass is 10.0. The van der Waals surface area contributed by atoms with Gasteiger partial charge in [-0.1, -0.05) is 54.0 Å². The average Bonchev–Trinajstić information content (AvgIpc) is 2.61. The number of nitrogens with one attached hydrogen (secondary N) is 1. The summed E-state index contributed by atoms with van der Waals surface area (Å²) in [6.45, 7) is 4.49. The monoisotopic (exact) mass is 439 g/mol. The summed E-state index contributed by atoms with van der Waals surface area (Å²) in [4.78, 5) is 11.8. The van der Waals surface area contributed by atoms with Gasteiger partial charge in [0.2, 0.25) is 10.0 Å². The Balaban J connectivity index is 2.11. The summed E-state index contributed by atoms with van der Waals surface area (Å²) < 4.78 is 33.0. The molecule has 0 spiro atoms. The van der Waals surface area contributed by atoms with Gasteiger partial charge in [0.1, 0.15) is 0 Å². The quantitative estimate of drug-likeness (QED) is 0.664. The first-order valence-corrected chi connectivity index (χ1v) is 10.5. The van der Waals surface area contributed by atoms with E-state index < -0.39 is 16.0 Å². The largest absolute Gasteiger partial charge is 0.465 e. The zero-order valence-electron chi connectivity index (χ0n) is 15.0. The molecule has 0 saturated heterocycles. The first-order valence-electron chi connectivity index (χ1n) is 8.21. The molecule has 0 fully saturated rings. The number of halogens is 1. The second kappa shape index (κ2) is 8.79. The van der Waals surface area contributed by atoms with Gasteiger partial charge in [-0.2, -0.15) is 0 Å². The van der Waals surface area contributed by atoms with E-state index in [1.807, 2.05) is 12.1 Å². The number of carbonyl (C=O) groups excluding carboxylic acids is 1. The third kappa shape index (κ3) is 5.16. The highest BCUT2D eigenvalue weighted by atomic mass is 79.9. The maximum absolute atomic E-state index is 12.6. The number of sulfonamides is 1. The van der Waals surface area contributed by atoms with Crippen molar-refractivity contribution in [2.24, 2.45) is 0 Å². The van der Waals surface area contributed by atoms with E-state index in [-0.39, 0.29) is 17.0 Å². The summed E-state index contributed by atoms with van der Waals surface area (Å²) in [5, 5.41) is 0. The molecular weight excluding hydrogens is 418 g/mol. The van der Waals surface area contributed by atoms with Crippen molar-refractivity contribution in [3.8, 4) is 0 Å². The Morgan fingerprint density at radius 2 is 1.81 bits per heavy atom. The number of hydrogen-bond acceptors (Lipinski definition) is 4. The number of methoxy groups -OCH3 is 1. The van der Waals surface area contributed by atoms with E-state index in [4.69, 9.17) is 0 Å². The molecule has 0 amide bonds. The highest BCUT2D eigenvalue weighted by molar-refractivity contribution is 9.10. The molecule has 0 aromatic heterocycles. The Morgan fingerprint density at radius 3 is 2.38 bits per heavy atom. The van der Waals surface area contributed by atoms with Gasteiger partial charge in [0.05, 0.1) is 17.6 Å². The second-order valence-electron chi connectivity index (χ2n) is 6.18. The summed E-state index contributed by atoms with van der Waals surface area (Å²) >= 11 is 3.24. The zero-order chi connectivity index (χ0) is 19.3. The van der Waals surface area contributed by atoms with Gasteiger partial charge >= 0.3 is 5.97 Å². The molecule has 0 aliphatic heterocycles. The van der Waals surface area contributed by atoms with Gasteiger partial charge in [-0.05, 0) is 41.7 Å². The van der Waals surface area contributed by atoms with E-state index in [0.29, 0.717) is 16.8 Å². The van der Waals surface area contributed by atoms with E-state index in [0.717, 1.165) is 5.56 Å². The van der Waals surface area contributed by atoms with Gasteiger partial charge in [-0.3, -0.25) is 0 Å². The second-order valence-corrected chi connectivity index (χ2v) is 8.83. The van der Waals surface area contributed by atoms with Crippen LogP contribution in [-0.2, 0) is 21.2 Å². The van der Waals surface area contributed by atoms with Gasteiger partial charge in [-0.15, -0.1) is 0 Å². The Hall–Kier alpha value is -1.70. The van der Waals surface area contributed by atoms with Gasteiger partial charge in [0.25, 0.3) is 0 Å². The SMILES string of the molecule is COC(=O)c1cc(Br)ccc1S(=O)(=O)NCCc1ccc(C(C)C)cc1. The van der Waals surface area contributed by atoms with Crippen LogP contribution in [0.1, 0.15) is 41.3 Å². The van der Waals surface area contributed by atoms with Crippen molar-refractivity contribution >= 4 is 31.9 Å². The van der Waals surface area contributed by atoms with Crippen LogP contribution < -0.4 is 4.72 Å². The predicted octanol–water partition coefficient (Wildman–Crippen LogP) is 3.88. The van der Waals surface area contributed by atoms with E-state index in [1.54, 1.807) is 6.07 Å². The Morgan fingerprint density at radius 1 is 1.15 bits per heavy atom. The van der Waals surface area contributed by atoms with Gasteiger partial charge in [-0.25, -0.2) is 17.9 Å². The summed E-state index contributed by atoms with van der Waals surface area (Å²) in [5.41, 5.74) is 2.28. The molecule has 0 atom stereocenters. The minimum Gasteiger partial charge on any atom is -0.465 e. The van der Waals surface area contributed by atoms with Crippen LogP contribution >= 0.6 is 15.9 Å². The lowest BCUT2D eigenvalue weighted by Gasteiger charge is -2.11. The number of carbonyl (C=O) groups is 1. The summed E-state index contributed by atoms with van der Waals surface area (Å²) in [6, 6.07) is 12.5. The minimum atomic E-state index is -3.83. The molecule has 2 rings (SSSR count). The lowest BCUT2D eigenvalue weighted by Crippen LogP contribution is -2.27. The van der Waals surface area contributed by atoms with Gasteiger partial charge < -0.3 is 4.74 Å². The normalized spacial score (nSPS) is 11.6. The van der Waals surface area contributed by atoms with Crippen LogP contribution in [-0.4, -0.2) is 28.0 Å². The zero-order valence-corrected chi connectivity index (χ0v) is 17.4. The van der Waals surface area contributed by atoms with E-state index >= 15 is 0 Å². The lowest BCUT2D eigenvalue weighted by molar-refractivity contribution is 0.0596. The fourth-order valence-electron chi connectivity index (χ4n) is 2.48. The predicted molar refractivity (Wildman–Crippen MR) is 105 cm³/mol. The number of hydrogen-bond donors (Lipinski definition) is 1. The average molecular weight is 440 g/mol. The number of benzene rings is 2. The van der Waals surface area contributed by atoms with Crippen molar-refractivity contribution < 1.29 is 17.9 Å². The van der Waals surface area contributed by atoms with Gasteiger partial charge in [0.15, 0.2) is 0 Å². The Kier molecular flexibility index (Phi) is 6.97. The highest BCUT2D eigenvalue weighted by Crippen LogP contribution is 2.22. The van der Waals surface area contributed by atoms with Crippen LogP contribution in [0.3, 0.4) is 0 Å². The van der Waals surface area contributed by atoms with Crippen LogP contribution in [0.15, 0.2) is 51.8 Å². The fraction of sp³-hybridized carbons (Fsp3) is 0.316. The molecular formula is C19H22BrNO4S. The maximum atomic E-state index is 12.6. The maximum Gasteiger partial charge on any atom is 0.339 e. The molecule has 140 valence electrons. The molecule has 7 heteroatoms. The molecule has 0 aliphatic rings. The van der Waals surface area contributed by atoms with Crippen molar-refractivity contribution in [1.29, 1.82) is 0 Å². The van der Waals surface area contributed by atoms with Crippen LogP contribution in [0, 0.1) is 0 Å². The van der Waals surface area contributed by atoms with Crippen molar-refractivity contribution in [2.45, 2.75) is 31.1 Å². The molecule has 5 nitrogen and oxygen atoms in total. The standard InChI is InChI=1S/C19H22BrNO4S/c1-13(2)15-6-4-14(5-7-15)10-11-21-26(23,24)18-9-8-16(20)12-17(18)19(22)25-3/h4-9,12-13,21H,10-11H2,1-3H3. The highest BCUT2D eigenvalue weighted by Gasteiger charge is 2.23. The van der Waals surface area contributed by atoms with Crippen molar-refractivity contribution in [3.63, 3.8) is 0 Å². The Bertz CT molecular complexity index is 877. The van der Waals surface area contributed by atoms with E-state index in [9.17, 15) is 13.2 Å². The van der Waals surface area contributed by atoms with Gasteiger partial charge in [0, 0.05) is 11.0 Å². The number of rotatable bonds is 7. The molecule has 2 aromatic rings. The van der Waals surface area contributed by atoms with Crippen LogP contribution in [0.4, 0.5) is 0 Å². The first kappa shape index (κ1) is 20.6. The van der Waals surface area contributed by atoms with Crippen molar-refractivity contribution in [2.75, 3.05) is 13.7 Å². The smallest absolute Gasteiger partial charge is 0.339 e. The topological polar surface area (TPSA) is 72.5 Å². The van der Waals surface area contributed by atoms with Crippen LogP contribution in [0.25, 0.3) is 0 Å². The first-order chi connectivity index (χ1) is 12.2. The molecule has 26 heavy (non-hydrogen) atoms. The van der Waals surface area contributed by atoms with Crippen molar-refractivity contribution in [1.82, 2.24) is 4.72 Å². The van der Waals surface area contributed by atoms with Crippen LogP contribution in [0.5, 0.6) is 0 Å². The molecule has 0 radical (unpaired) electrons. The number of esters is 1. The minimum absolute atomic E-state index is 0.00402. The molecule has 0 unspecified atom stereocenters. The molecule has 1 N–H and O–H groups in total. The molecule has 2 aromatic carbocycles. The summed E-state index contributed by atoms with van der Waals surface area (Å²) in [5.74, 6) is -0.243. The third-order valence-electron chi connectivity index (χ3n) is 3.99. The molecule has 0 heterocycles. The van der Waals surface area contributed by atoms with Crippen molar-refractivity contribution in [3.05, 3.63) is 63.6 Å². The summed E-state index contributed by atoms with van der Waals surface area (Å²) in [6.07, 6.45) is 0.557. The fourth-order valence-corrected chi connectivity index (χ4v) is 4.05. The van der Waals surface area contributed by atoms with E-state index in [2.05, 4.69) is 51.4 Å². The Labute approximate surface area is 162 Å². The van der Waals surface area contributed by atoms with E-state index in [1.165, 1.54) is 24.8 Å². The van der Waals surface area contributed by atoms with Crippen LogP contribution in [0.2, 0.25) is 0 Å².